The number of nitrogens with zero attached hydrogens (tertiary/aromatic N) is 1. The molecule has 0 aliphatic carbocycles. The van der Waals surface area contributed by atoms with Crippen molar-refractivity contribution in [3.8, 4) is 5.75 Å². The second kappa shape index (κ2) is 6.09. The van der Waals surface area contributed by atoms with Crippen molar-refractivity contribution in [3.63, 3.8) is 0 Å². The average Bonchev–Trinajstić information content (AvgIpc) is 2.53. The van der Waals surface area contributed by atoms with Gasteiger partial charge in [0.15, 0.2) is 0 Å². The van der Waals surface area contributed by atoms with Gasteiger partial charge < -0.3 is 9.64 Å². The van der Waals surface area contributed by atoms with Gasteiger partial charge in [0.25, 0.3) is 5.91 Å². The van der Waals surface area contributed by atoms with E-state index in [1.807, 2.05) is 0 Å². The highest BCUT2D eigenvalue weighted by Crippen LogP contribution is 2.30. The Bertz CT molecular complexity index is 666. The monoisotopic (exact) mass is 309 g/mol. The number of ether oxygens (including phenoxy) is 1. The van der Waals surface area contributed by atoms with Crippen molar-refractivity contribution in [1.29, 1.82) is 0 Å². The van der Waals surface area contributed by atoms with Crippen LogP contribution in [0.4, 0.5) is 18.9 Å². The Balaban J connectivity index is 2.26. The van der Waals surface area contributed by atoms with Crippen molar-refractivity contribution in [1.82, 2.24) is 0 Å². The zero-order chi connectivity index (χ0) is 16.3. The first kappa shape index (κ1) is 15.9. The Morgan fingerprint density at radius 2 is 1.73 bits per heavy atom. The summed E-state index contributed by atoms with van der Waals surface area (Å²) in [7, 11) is 3.02. The van der Waals surface area contributed by atoms with Crippen molar-refractivity contribution < 1.29 is 22.7 Å². The summed E-state index contributed by atoms with van der Waals surface area (Å²) in [5.41, 5.74) is -0.308. The molecule has 2 aromatic rings. The van der Waals surface area contributed by atoms with Crippen molar-refractivity contribution >= 4 is 11.6 Å². The number of rotatable bonds is 3. The van der Waals surface area contributed by atoms with Gasteiger partial charge in [0.1, 0.15) is 5.75 Å². The maximum Gasteiger partial charge on any atom is 0.416 e. The second-order valence-electron chi connectivity index (χ2n) is 4.64. The molecule has 0 saturated carbocycles. The lowest BCUT2D eigenvalue weighted by Crippen LogP contribution is -2.26. The van der Waals surface area contributed by atoms with Gasteiger partial charge in [-0.05, 0) is 42.5 Å². The molecule has 0 radical (unpaired) electrons. The van der Waals surface area contributed by atoms with Crippen molar-refractivity contribution in [2.75, 3.05) is 19.1 Å². The molecule has 2 aromatic carbocycles. The number of alkyl halides is 3. The maximum atomic E-state index is 12.7. The quantitative estimate of drug-likeness (QED) is 0.858. The molecule has 0 fully saturated rings. The van der Waals surface area contributed by atoms with E-state index in [-0.39, 0.29) is 5.56 Å². The van der Waals surface area contributed by atoms with Crippen LogP contribution in [0.1, 0.15) is 15.9 Å². The number of carbonyl (C=O) groups is 1. The molecule has 0 unspecified atom stereocenters. The standard InChI is InChI=1S/C16H14F3NO2/c1-20(13-6-8-14(22-2)9-7-13)15(21)11-4-3-5-12(10-11)16(17,18)19/h3-10H,1-2H3. The molecule has 0 N–H and O–H groups in total. The first-order valence-electron chi connectivity index (χ1n) is 6.42. The van der Waals surface area contributed by atoms with E-state index in [9.17, 15) is 18.0 Å². The number of hydrogen-bond acceptors (Lipinski definition) is 2. The van der Waals surface area contributed by atoms with E-state index in [4.69, 9.17) is 4.74 Å². The summed E-state index contributed by atoms with van der Waals surface area (Å²) in [5.74, 6) is 0.111. The van der Waals surface area contributed by atoms with Crippen LogP contribution in [0.15, 0.2) is 48.5 Å². The Hall–Kier alpha value is -2.50. The average molecular weight is 309 g/mol. The van der Waals surface area contributed by atoms with Gasteiger partial charge >= 0.3 is 6.18 Å². The highest BCUT2D eigenvalue weighted by Gasteiger charge is 2.31. The van der Waals surface area contributed by atoms with Crippen LogP contribution >= 0.6 is 0 Å². The lowest BCUT2D eigenvalue weighted by molar-refractivity contribution is -0.137. The normalized spacial score (nSPS) is 11.1. The lowest BCUT2D eigenvalue weighted by atomic mass is 10.1. The minimum Gasteiger partial charge on any atom is -0.497 e. The molecule has 0 atom stereocenters. The van der Waals surface area contributed by atoms with Crippen molar-refractivity contribution in [2.24, 2.45) is 0 Å². The fourth-order valence-corrected chi connectivity index (χ4v) is 1.95. The van der Waals surface area contributed by atoms with Gasteiger partial charge in [-0.3, -0.25) is 4.79 Å². The van der Waals surface area contributed by atoms with E-state index in [0.29, 0.717) is 11.4 Å². The summed E-state index contributed by atoms with van der Waals surface area (Å²) < 4.78 is 43.1. The van der Waals surface area contributed by atoms with Gasteiger partial charge in [-0.2, -0.15) is 13.2 Å². The third kappa shape index (κ3) is 3.39. The number of benzene rings is 2. The number of anilines is 1. The van der Waals surface area contributed by atoms with E-state index < -0.39 is 17.6 Å². The van der Waals surface area contributed by atoms with Crippen LogP contribution in [0.5, 0.6) is 5.75 Å². The van der Waals surface area contributed by atoms with Gasteiger partial charge in [-0.1, -0.05) is 6.07 Å². The van der Waals surface area contributed by atoms with Crippen LogP contribution < -0.4 is 9.64 Å². The highest BCUT2D eigenvalue weighted by molar-refractivity contribution is 6.05. The molecular weight excluding hydrogens is 295 g/mol. The number of halogens is 3. The number of hydrogen-bond donors (Lipinski definition) is 0. The number of carbonyl (C=O) groups excluding carboxylic acids is 1. The van der Waals surface area contributed by atoms with E-state index in [1.54, 1.807) is 24.3 Å². The van der Waals surface area contributed by atoms with E-state index >= 15 is 0 Å². The van der Waals surface area contributed by atoms with Gasteiger partial charge in [-0.15, -0.1) is 0 Å². The van der Waals surface area contributed by atoms with E-state index in [0.717, 1.165) is 12.1 Å². The summed E-state index contributed by atoms with van der Waals surface area (Å²) in [5, 5.41) is 0. The van der Waals surface area contributed by atoms with Crippen LogP contribution in [0, 0.1) is 0 Å². The van der Waals surface area contributed by atoms with Crippen LogP contribution in [0.3, 0.4) is 0 Å². The SMILES string of the molecule is COc1ccc(N(C)C(=O)c2cccc(C(F)(F)F)c2)cc1. The summed E-state index contributed by atoms with van der Waals surface area (Å²) in [6.07, 6.45) is -4.48. The zero-order valence-corrected chi connectivity index (χ0v) is 12.0. The predicted molar refractivity (Wildman–Crippen MR) is 77.2 cm³/mol. The maximum absolute atomic E-state index is 12.7. The predicted octanol–water partition coefficient (Wildman–Crippen LogP) is 3.99. The van der Waals surface area contributed by atoms with Crippen molar-refractivity contribution in [2.45, 2.75) is 6.18 Å². The molecule has 22 heavy (non-hydrogen) atoms. The van der Waals surface area contributed by atoms with Gasteiger partial charge in [0, 0.05) is 18.3 Å². The van der Waals surface area contributed by atoms with Gasteiger partial charge in [-0.25, -0.2) is 0 Å². The molecule has 0 bridgehead atoms. The van der Waals surface area contributed by atoms with Crippen molar-refractivity contribution in [3.05, 3.63) is 59.7 Å². The summed E-state index contributed by atoms with van der Waals surface area (Å²) in [6, 6.07) is 11.0. The fourth-order valence-electron chi connectivity index (χ4n) is 1.95. The van der Waals surface area contributed by atoms with Gasteiger partial charge in [0.05, 0.1) is 12.7 Å². The van der Waals surface area contributed by atoms with E-state index in [2.05, 4.69) is 0 Å². The largest absolute Gasteiger partial charge is 0.497 e. The molecule has 0 aliphatic heterocycles. The Morgan fingerprint density at radius 3 is 2.27 bits per heavy atom. The topological polar surface area (TPSA) is 29.5 Å². The first-order valence-corrected chi connectivity index (χ1v) is 6.42. The molecule has 0 spiro atoms. The minimum atomic E-state index is -4.48. The van der Waals surface area contributed by atoms with E-state index in [1.165, 1.54) is 31.2 Å². The molecule has 3 nitrogen and oxygen atoms in total. The summed E-state index contributed by atoms with van der Waals surface area (Å²) in [6.45, 7) is 0. The number of methoxy groups -OCH3 is 1. The van der Waals surface area contributed by atoms with Crippen LogP contribution in [0.2, 0.25) is 0 Å². The minimum absolute atomic E-state index is 0.0202. The summed E-state index contributed by atoms with van der Waals surface area (Å²) >= 11 is 0. The Morgan fingerprint density at radius 1 is 1.09 bits per heavy atom. The molecule has 6 heteroatoms. The third-order valence-electron chi connectivity index (χ3n) is 3.20. The fraction of sp³-hybridized carbons (Fsp3) is 0.188. The number of amides is 1. The summed E-state index contributed by atoms with van der Waals surface area (Å²) in [4.78, 5) is 13.6. The first-order chi connectivity index (χ1) is 10.3. The molecule has 0 aromatic heterocycles. The smallest absolute Gasteiger partial charge is 0.416 e. The lowest BCUT2D eigenvalue weighted by Gasteiger charge is -2.18. The Kier molecular flexibility index (Phi) is 4.40. The van der Waals surface area contributed by atoms with Crippen LogP contribution in [0.25, 0.3) is 0 Å². The third-order valence-corrected chi connectivity index (χ3v) is 3.20. The molecule has 2 rings (SSSR count). The highest BCUT2D eigenvalue weighted by atomic mass is 19.4. The molecule has 0 aliphatic rings. The van der Waals surface area contributed by atoms with Gasteiger partial charge in [0.2, 0.25) is 0 Å². The Labute approximate surface area is 125 Å². The zero-order valence-electron chi connectivity index (χ0n) is 12.0. The molecule has 1 amide bonds. The van der Waals surface area contributed by atoms with Crippen LogP contribution in [-0.4, -0.2) is 20.1 Å². The van der Waals surface area contributed by atoms with Crippen LogP contribution in [-0.2, 0) is 6.18 Å². The molecule has 0 heterocycles. The molecule has 0 saturated heterocycles. The molecule has 116 valence electrons. The molecular formula is C16H14F3NO2. The second-order valence-corrected chi connectivity index (χ2v) is 4.64.